The van der Waals surface area contributed by atoms with Crippen molar-refractivity contribution in [1.82, 2.24) is 4.98 Å². The molecular formula is C12H12N2O2. The van der Waals surface area contributed by atoms with E-state index in [4.69, 9.17) is 4.42 Å². The van der Waals surface area contributed by atoms with E-state index in [1.54, 1.807) is 12.1 Å². The van der Waals surface area contributed by atoms with E-state index in [1.165, 1.54) is 6.26 Å². The zero-order valence-electron chi connectivity index (χ0n) is 9.15. The predicted molar refractivity (Wildman–Crippen MR) is 60.4 cm³/mol. The quantitative estimate of drug-likeness (QED) is 0.839. The van der Waals surface area contributed by atoms with Crippen molar-refractivity contribution in [1.29, 1.82) is 0 Å². The maximum Gasteiger partial charge on any atom is 0.291 e. The highest BCUT2D eigenvalue weighted by atomic mass is 16.3. The van der Waals surface area contributed by atoms with E-state index in [0.29, 0.717) is 11.4 Å². The number of carbonyl (C=O) groups excluding carboxylic acids is 1. The van der Waals surface area contributed by atoms with Crippen LogP contribution in [0.1, 0.15) is 21.9 Å². The largest absolute Gasteiger partial charge is 0.459 e. The van der Waals surface area contributed by atoms with Crippen molar-refractivity contribution in [2.24, 2.45) is 0 Å². The SMILES string of the molecule is Cc1ccc(NC(=O)c2ccco2)c(C)n1. The number of hydrogen-bond donors (Lipinski definition) is 1. The molecule has 2 aromatic rings. The van der Waals surface area contributed by atoms with Gasteiger partial charge in [-0.3, -0.25) is 9.78 Å². The molecule has 4 heteroatoms. The smallest absolute Gasteiger partial charge is 0.291 e. The molecule has 0 radical (unpaired) electrons. The van der Waals surface area contributed by atoms with Crippen LogP contribution >= 0.6 is 0 Å². The van der Waals surface area contributed by atoms with Gasteiger partial charge in [-0.2, -0.15) is 0 Å². The average Bonchev–Trinajstić information content (AvgIpc) is 2.75. The Morgan fingerprint density at radius 2 is 2.12 bits per heavy atom. The lowest BCUT2D eigenvalue weighted by molar-refractivity contribution is 0.0996. The van der Waals surface area contributed by atoms with Gasteiger partial charge in [0.15, 0.2) is 5.76 Å². The highest BCUT2D eigenvalue weighted by Crippen LogP contribution is 2.14. The fraction of sp³-hybridized carbons (Fsp3) is 0.167. The summed E-state index contributed by atoms with van der Waals surface area (Å²) >= 11 is 0. The highest BCUT2D eigenvalue weighted by molar-refractivity contribution is 6.02. The molecule has 1 amide bonds. The Morgan fingerprint density at radius 3 is 2.75 bits per heavy atom. The third-order valence-electron chi connectivity index (χ3n) is 2.22. The summed E-state index contributed by atoms with van der Waals surface area (Å²) in [5.41, 5.74) is 2.42. The zero-order valence-corrected chi connectivity index (χ0v) is 9.15. The number of pyridine rings is 1. The van der Waals surface area contributed by atoms with Crippen LogP contribution in [0.5, 0.6) is 0 Å². The standard InChI is InChI=1S/C12H12N2O2/c1-8-5-6-10(9(2)13-8)14-12(15)11-4-3-7-16-11/h3-7H,1-2H3,(H,14,15). The number of aryl methyl sites for hydroxylation is 2. The predicted octanol–water partition coefficient (Wildman–Crippen LogP) is 2.54. The second-order valence-electron chi connectivity index (χ2n) is 3.52. The molecule has 0 aliphatic heterocycles. The maximum absolute atomic E-state index is 11.7. The van der Waals surface area contributed by atoms with Crippen LogP contribution in [0.4, 0.5) is 5.69 Å². The summed E-state index contributed by atoms with van der Waals surface area (Å²) in [6.45, 7) is 3.76. The van der Waals surface area contributed by atoms with Gasteiger partial charge >= 0.3 is 0 Å². The number of nitrogens with zero attached hydrogens (tertiary/aromatic N) is 1. The Labute approximate surface area is 93.3 Å². The lowest BCUT2D eigenvalue weighted by Gasteiger charge is -2.06. The number of anilines is 1. The summed E-state index contributed by atoms with van der Waals surface area (Å²) in [7, 11) is 0. The molecular weight excluding hydrogens is 204 g/mol. The van der Waals surface area contributed by atoms with Gasteiger partial charge in [0.2, 0.25) is 0 Å². The van der Waals surface area contributed by atoms with E-state index in [1.807, 2.05) is 26.0 Å². The average molecular weight is 216 g/mol. The van der Waals surface area contributed by atoms with E-state index >= 15 is 0 Å². The summed E-state index contributed by atoms with van der Waals surface area (Å²) in [5.74, 6) is 0.0266. The Kier molecular flexibility index (Phi) is 2.72. The van der Waals surface area contributed by atoms with Gasteiger partial charge in [-0.1, -0.05) is 0 Å². The molecule has 0 saturated carbocycles. The van der Waals surface area contributed by atoms with Crippen LogP contribution in [-0.4, -0.2) is 10.9 Å². The molecule has 2 rings (SSSR count). The van der Waals surface area contributed by atoms with Crippen molar-refractivity contribution < 1.29 is 9.21 Å². The van der Waals surface area contributed by atoms with Crippen LogP contribution in [0, 0.1) is 13.8 Å². The molecule has 82 valence electrons. The molecule has 0 aliphatic rings. The number of rotatable bonds is 2. The second-order valence-corrected chi connectivity index (χ2v) is 3.52. The summed E-state index contributed by atoms with van der Waals surface area (Å²) in [5, 5.41) is 2.74. The van der Waals surface area contributed by atoms with E-state index in [9.17, 15) is 4.79 Å². The monoisotopic (exact) mass is 216 g/mol. The Bertz CT molecular complexity index is 504. The van der Waals surface area contributed by atoms with Crippen molar-refractivity contribution in [3.05, 3.63) is 47.7 Å². The van der Waals surface area contributed by atoms with Gasteiger partial charge < -0.3 is 9.73 Å². The van der Waals surface area contributed by atoms with Gasteiger partial charge in [-0.15, -0.1) is 0 Å². The van der Waals surface area contributed by atoms with Crippen molar-refractivity contribution in [2.45, 2.75) is 13.8 Å². The summed E-state index contributed by atoms with van der Waals surface area (Å²) in [6.07, 6.45) is 1.47. The molecule has 4 nitrogen and oxygen atoms in total. The van der Waals surface area contributed by atoms with Crippen molar-refractivity contribution in [2.75, 3.05) is 5.32 Å². The highest BCUT2D eigenvalue weighted by Gasteiger charge is 2.10. The molecule has 0 spiro atoms. The van der Waals surface area contributed by atoms with Crippen LogP contribution in [-0.2, 0) is 0 Å². The van der Waals surface area contributed by atoms with Crippen molar-refractivity contribution in [3.63, 3.8) is 0 Å². The third-order valence-corrected chi connectivity index (χ3v) is 2.22. The minimum atomic E-state index is -0.265. The van der Waals surface area contributed by atoms with Crippen LogP contribution in [0.15, 0.2) is 34.9 Å². The molecule has 0 unspecified atom stereocenters. The molecule has 2 aromatic heterocycles. The number of aromatic nitrogens is 1. The first kappa shape index (κ1) is 10.4. The lowest BCUT2D eigenvalue weighted by Crippen LogP contribution is -2.12. The lowest BCUT2D eigenvalue weighted by atomic mass is 10.2. The second kappa shape index (κ2) is 4.18. The van der Waals surface area contributed by atoms with Crippen molar-refractivity contribution >= 4 is 11.6 Å². The Balaban J connectivity index is 2.18. The normalized spacial score (nSPS) is 10.1. The molecule has 0 atom stereocenters. The van der Waals surface area contributed by atoms with Crippen LogP contribution in [0.2, 0.25) is 0 Å². The number of carbonyl (C=O) groups is 1. The first-order chi connectivity index (χ1) is 7.66. The van der Waals surface area contributed by atoms with Crippen LogP contribution < -0.4 is 5.32 Å². The van der Waals surface area contributed by atoms with E-state index in [0.717, 1.165) is 11.4 Å². The molecule has 0 aliphatic carbocycles. The summed E-state index contributed by atoms with van der Waals surface area (Å²) in [4.78, 5) is 15.9. The molecule has 0 fully saturated rings. The molecule has 0 aromatic carbocycles. The molecule has 1 N–H and O–H groups in total. The van der Waals surface area contributed by atoms with Gasteiger partial charge in [0.05, 0.1) is 17.6 Å². The maximum atomic E-state index is 11.7. The number of amides is 1. The van der Waals surface area contributed by atoms with Crippen LogP contribution in [0.25, 0.3) is 0 Å². The molecule has 0 bridgehead atoms. The minimum Gasteiger partial charge on any atom is -0.459 e. The summed E-state index contributed by atoms with van der Waals surface area (Å²) in [6, 6.07) is 6.98. The van der Waals surface area contributed by atoms with Gasteiger partial charge in [-0.25, -0.2) is 0 Å². The number of furan rings is 1. The van der Waals surface area contributed by atoms with Gasteiger partial charge in [-0.05, 0) is 38.1 Å². The Morgan fingerprint density at radius 1 is 1.31 bits per heavy atom. The topological polar surface area (TPSA) is 55.1 Å². The molecule has 16 heavy (non-hydrogen) atoms. The molecule has 0 saturated heterocycles. The Hall–Kier alpha value is -2.10. The van der Waals surface area contributed by atoms with Gasteiger partial charge in [0, 0.05) is 5.69 Å². The molecule has 2 heterocycles. The van der Waals surface area contributed by atoms with E-state index < -0.39 is 0 Å². The van der Waals surface area contributed by atoms with Crippen LogP contribution in [0.3, 0.4) is 0 Å². The first-order valence-electron chi connectivity index (χ1n) is 4.96. The fourth-order valence-electron chi connectivity index (χ4n) is 1.41. The summed E-state index contributed by atoms with van der Waals surface area (Å²) < 4.78 is 5.00. The number of nitrogens with one attached hydrogen (secondary N) is 1. The van der Waals surface area contributed by atoms with E-state index in [2.05, 4.69) is 10.3 Å². The first-order valence-corrected chi connectivity index (χ1v) is 4.96. The van der Waals surface area contributed by atoms with Crippen molar-refractivity contribution in [3.8, 4) is 0 Å². The van der Waals surface area contributed by atoms with Gasteiger partial charge in [0.1, 0.15) is 0 Å². The minimum absolute atomic E-state index is 0.265. The fourth-order valence-corrected chi connectivity index (χ4v) is 1.41. The third kappa shape index (κ3) is 2.11. The van der Waals surface area contributed by atoms with E-state index in [-0.39, 0.29) is 5.91 Å². The zero-order chi connectivity index (χ0) is 11.5. The number of hydrogen-bond acceptors (Lipinski definition) is 3. The van der Waals surface area contributed by atoms with Gasteiger partial charge in [0.25, 0.3) is 5.91 Å².